The quantitative estimate of drug-likeness (QED) is 0.680. The number of hydrogen-bond acceptors (Lipinski definition) is 5. The van der Waals surface area contributed by atoms with Crippen LogP contribution >= 0.6 is 11.6 Å². The topological polar surface area (TPSA) is 81.2 Å². The van der Waals surface area contributed by atoms with Gasteiger partial charge in [0, 0.05) is 6.07 Å². The van der Waals surface area contributed by atoms with E-state index in [1.165, 1.54) is 12.1 Å². The summed E-state index contributed by atoms with van der Waals surface area (Å²) >= 11 is 5.93. The molecule has 0 fully saturated rings. The number of para-hydroxylation sites is 1. The van der Waals surface area contributed by atoms with Gasteiger partial charge in [0.25, 0.3) is 5.69 Å². The molecule has 0 unspecified atom stereocenters. The monoisotopic (exact) mass is 267 g/mol. The zero-order valence-corrected chi connectivity index (χ0v) is 10.3. The van der Waals surface area contributed by atoms with Crippen molar-refractivity contribution in [3.8, 4) is 0 Å². The van der Waals surface area contributed by atoms with E-state index < -0.39 is 4.92 Å². The van der Waals surface area contributed by atoms with Crippen molar-refractivity contribution in [3.63, 3.8) is 0 Å². The van der Waals surface area contributed by atoms with Gasteiger partial charge < -0.3 is 9.73 Å². The Balaban J connectivity index is 2.20. The first-order chi connectivity index (χ1) is 8.58. The molecule has 0 spiro atoms. The molecule has 1 N–H and O–H groups in total. The van der Waals surface area contributed by atoms with Crippen LogP contribution < -0.4 is 5.32 Å². The molecule has 0 aliphatic heterocycles. The van der Waals surface area contributed by atoms with Crippen molar-refractivity contribution in [1.29, 1.82) is 0 Å². The van der Waals surface area contributed by atoms with E-state index in [0.717, 1.165) is 0 Å². The standard InChI is InChI=1S/C11H10ClN3O3/c1-7-5-13-10(18-7)6-14-11-8(12)3-2-4-9(11)15(16)17/h2-5,14H,6H2,1H3. The van der Waals surface area contributed by atoms with Crippen LogP contribution in [-0.2, 0) is 6.54 Å². The highest BCUT2D eigenvalue weighted by atomic mass is 35.5. The summed E-state index contributed by atoms with van der Waals surface area (Å²) in [6.07, 6.45) is 1.58. The largest absolute Gasteiger partial charge is 0.444 e. The van der Waals surface area contributed by atoms with Crippen LogP contribution in [0.3, 0.4) is 0 Å². The fourth-order valence-corrected chi connectivity index (χ4v) is 1.72. The molecule has 0 aliphatic carbocycles. The Morgan fingerprint density at radius 2 is 2.33 bits per heavy atom. The van der Waals surface area contributed by atoms with E-state index in [9.17, 15) is 10.1 Å². The van der Waals surface area contributed by atoms with Gasteiger partial charge in [0.05, 0.1) is 22.7 Å². The molecule has 0 aliphatic rings. The third-order valence-corrected chi connectivity index (χ3v) is 2.59. The minimum absolute atomic E-state index is 0.0780. The van der Waals surface area contributed by atoms with Crippen molar-refractivity contribution in [3.05, 3.63) is 51.2 Å². The molecule has 0 saturated carbocycles. The molecule has 0 atom stereocenters. The third-order valence-electron chi connectivity index (χ3n) is 2.27. The average molecular weight is 268 g/mol. The second-order valence-electron chi connectivity index (χ2n) is 3.61. The van der Waals surface area contributed by atoms with Crippen LogP contribution in [0.1, 0.15) is 11.7 Å². The van der Waals surface area contributed by atoms with Crippen LogP contribution in [0.4, 0.5) is 11.4 Å². The minimum Gasteiger partial charge on any atom is -0.444 e. The molecule has 2 rings (SSSR count). The highest BCUT2D eigenvalue weighted by Crippen LogP contribution is 2.32. The number of aromatic nitrogens is 1. The molecule has 1 aromatic heterocycles. The first-order valence-corrected chi connectivity index (χ1v) is 5.54. The first kappa shape index (κ1) is 12.4. The average Bonchev–Trinajstić information content (AvgIpc) is 2.73. The lowest BCUT2D eigenvalue weighted by molar-refractivity contribution is -0.384. The van der Waals surface area contributed by atoms with E-state index in [0.29, 0.717) is 11.7 Å². The fourth-order valence-electron chi connectivity index (χ4n) is 1.49. The highest BCUT2D eigenvalue weighted by molar-refractivity contribution is 6.33. The maximum Gasteiger partial charge on any atom is 0.293 e. The van der Waals surface area contributed by atoms with Crippen molar-refractivity contribution in [2.45, 2.75) is 13.5 Å². The van der Waals surface area contributed by atoms with Crippen molar-refractivity contribution in [2.75, 3.05) is 5.32 Å². The first-order valence-electron chi connectivity index (χ1n) is 5.16. The maximum atomic E-state index is 10.9. The van der Waals surface area contributed by atoms with Gasteiger partial charge in [-0.3, -0.25) is 10.1 Å². The Bertz CT molecular complexity index is 583. The normalized spacial score (nSPS) is 10.3. The van der Waals surface area contributed by atoms with Gasteiger partial charge in [-0.15, -0.1) is 0 Å². The molecule has 7 heteroatoms. The lowest BCUT2D eigenvalue weighted by Gasteiger charge is -2.06. The molecule has 0 bridgehead atoms. The molecule has 0 radical (unpaired) electrons. The predicted octanol–water partition coefficient (Wildman–Crippen LogP) is 3.16. The van der Waals surface area contributed by atoms with E-state index in [1.807, 2.05) is 0 Å². The second-order valence-corrected chi connectivity index (χ2v) is 4.02. The third kappa shape index (κ3) is 2.60. The van der Waals surface area contributed by atoms with Gasteiger partial charge in [-0.05, 0) is 13.0 Å². The van der Waals surface area contributed by atoms with E-state index in [1.54, 1.807) is 19.2 Å². The number of hydrogen-bond donors (Lipinski definition) is 1. The van der Waals surface area contributed by atoms with Gasteiger partial charge >= 0.3 is 0 Å². The maximum absolute atomic E-state index is 10.9. The summed E-state index contributed by atoms with van der Waals surface area (Å²) in [5.41, 5.74) is 0.186. The Kier molecular flexibility index (Phi) is 3.47. The van der Waals surface area contributed by atoms with Gasteiger partial charge in [0.15, 0.2) is 0 Å². The van der Waals surface area contributed by atoms with Crippen LogP contribution in [0.15, 0.2) is 28.8 Å². The van der Waals surface area contributed by atoms with Crippen LogP contribution in [0, 0.1) is 17.0 Å². The van der Waals surface area contributed by atoms with Crippen LogP contribution in [0.5, 0.6) is 0 Å². The Labute approximate surface area is 108 Å². The molecule has 0 saturated heterocycles. The molecule has 1 heterocycles. The Hall–Kier alpha value is -2.08. The van der Waals surface area contributed by atoms with Gasteiger partial charge in [-0.2, -0.15) is 0 Å². The zero-order chi connectivity index (χ0) is 13.1. The molecule has 94 valence electrons. The number of aryl methyl sites for hydroxylation is 1. The van der Waals surface area contributed by atoms with Crippen LogP contribution in [0.2, 0.25) is 5.02 Å². The summed E-state index contributed by atoms with van der Waals surface area (Å²) in [5.74, 6) is 1.13. The van der Waals surface area contributed by atoms with Crippen LogP contribution in [0.25, 0.3) is 0 Å². The lowest BCUT2D eigenvalue weighted by atomic mass is 10.2. The number of nitro benzene ring substituents is 1. The summed E-state index contributed by atoms with van der Waals surface area (Å²) < 4.78 is 5.26. The number of oxazole rings is 1. The van der Waals surface area contributed by atoms with Gasteiger partial charge in [-0.1, -0.05) is 17.7 Å². The minimum atomic E-state index is -0.491. The molecule has 1 aromatic carbocycles. The molecular formula is C11H10ClN3O3. The fraction of sp³-hybridized carbons (Fsp3) is 0.182. The summed E-state index contributed by atoms with van der Waals surface area (Å²) in [6, 6.07) is 4.49. The van der Waals surface area contributed by atoms with Crippen LogP contribution in [-0.4, -0.2) is 9.91 Å². The molecule has 0 amide bonds. The van der Waals surface area contributed by atoms with E-state index in [2.05, 4.69) is 10.3 Å². The second kappa shape index (κ2) is 5.05. The summed E-state index contributed by atoms with van der Waals surface area (Å²) in [6.45, 7) is 2.01. The van der Waals surface area contributed by atoms with Crippen molar-refractivity contribution < 1.29 is 9.34 Å². The molecular weight excluding hydrogens is 258 g/mol. The Morgan fingerprint density at radius 3 is 2.94 bits per heavy atom. The van der Waals surface area contributed by atoms with Crippen molar-refractivity contribution in [2.24, 2.45) is 0 Å². The molecule has 6 nitrogen and oxygen atoms in total. The number of nitrogens with zero attached hydrogens (tertiary/aromatic N) is 2. The summed E-state index contributed by atoms with van der Waals surface area (Å²) in [7, 11) is 0. The number of nitrogens with one attached hydrogen (secondary N) is 1. The number of benzene rings is 1. The lowest BCUT2D eigenvalue weighted by Crippen LogP contribution is -2.03. The van der Waals surface area contributed by atoms with E-state index >= 15 is 0 Å². The van der Waals surface area contributed by atoms with Gasteiger partial charge in [0.1, 0.15) is 11.4 Å². The smallest absolute Gasteiger partial charge is 0.293 e. The number of anilines is 1. The van der Waals surface area contributed by atoms with Gasteiger partial charge in [-0.25, -0.2) is 4.98 Å². The summed E-state index contributed by atoms with van der Waals surface area (Å²) in [4.78, 5) is 14.4. The zero-order valence-electron chi connectivity index (χ0n) is 9.51. The van der Waals surface area contributed by atoms with E-state index in [4.69, 9.17) is 16.0 Å². The SMILES string of the molecule is Cc1cnc(CNc2c(Cl)cccc2[N+](=O)[O-])o1. The van der Waals surface area contributed by atoms with Gasteiger partial charge in [0.2, 0.25) is 5.89 Å². The number of rotatable bonds is 4. The summed E-state index contributed by atoms with van der Waals surface area (Å²) in [5, 5.41) is 14.0. The number of halogens is 1. The van der Waals surface area contributed by atoms with E-state index in [-0.39, 0.29) is 22.9 Å². The van der Waals surface area contributed by atoms with Crippen molar-refractivity contribution in [1.82, 2.24) is 4.98 Å². The molecule has 18 heavy (non-hydrogen) atoms. The predicted molar refractivity (Wildman–Crippen MR) is 66.7 cm³/mol. The Morgan fingerprint density at radius 1 is 1.56 bits per heavy atom. The molecule has 2 aromatic rings. The van der Waals surface area contributed by atoms with Crippen molar-refractivity contribution >= 4 is 23.0 Å². The number of nitro groups is 1. The highest BCUT2D eigenvalue weighted by Gasteiger charge is 2.16.